The van der Waals surface area contributed by atoms with E-state index in [1.165, 1.54) is 88.3 Å². The van der Waals surface area contributed by atoms with Crippen molar-refractivity contribution in [2.75, 3.05) is 0 Å². The normalized spacial score (nSPS) is 26.4. The molecule has 4 aliphatic carbocycles. The average molecular weight is 537 g/mol. The molecule has 2 atom stereocenters. The summed E-state index contributed by atoms with van der Waals surface area (Å²) >= 11 is 0. The van der Waals surface area contributed by atoms with Crippen molar-refractivity contribution in [3.05, 3.63) is 123 Å². The molecule has 4 saturated carbocycles. The first kappa shape index (κ1) is 26.8. The second kappa shape index (κ2) is 9.76. The Balaban J connectivity index is 1.32. The summed E-state index contributed by atoms with van der Waals surface area (Å²) < 4.78 is 0. The first-order valence-corrected chi connectivity index (χ1v) is 16.0. The van der Waals surface area contributed by atoms with Gasteiger partial charge >= 0.3 is 0 Å². The van der Waals surface area contributed by atoms with Crippen molar-refractivity contribution in [3.8, 4) is 0 Å². The van der Waals surface area contributed by atoms with Crippen molar-refractivity contribution in [3.63, 3.8) is 0 Å². The van der Waals surface area contributed by atoms with Gasteiger partial charge in [-0.3, -0.25) is 0 Å². The minimum atomic E-state index is 0.247. The van der Waals surface area contributed by atoms with Gasteiger partial charge in [0.05, 0.1) is 0 Å². The molecule has 0 aliphatic heterocycles. The minimum absolute atomic E-state index is 0.247. The third-order valence-electron chi connectivity index (χ3n) is 11.4. The number of aryl methyl sites for hydroxylation is 6. The molecule has 0 spiro atoms. The van der Waals surface area contributed by atoms with Gasteiger partial charge in [-0.15, -0.1) is 0 Å². The molecule has 4 aromatic rings. The zero-order valence-corrected chi connectivity index (χ0v) is 26.0. The Hall–Kier alpha value is -3.06. The van der Waals surface area contributed by atoms with Crippen LogP contribution in [0.2, 0.25) is 0 Å². The first-order valence-electron chi connectivity index (χ1n) is 16.0. The standard InChI is InChI=1S/C40H45B/c1-26-16-28(3)37(29(4)17-26)41(38-30(5)18-27(2)19-31(38)6)36-14-12-35(13-15-36)40-23-32-20-33(24-40)22-39(21-32,25-40)34-10-8-7-9-11-34/h7-19,32-33H,20-25H2,1-6H3. The zero-order valence-electron chi connectivity index (χ0n) is 26.0. The number of hydrogen-bond donors (Lipinski definition) is 0. The van der Waals surface area contributed by atoms with E-state index < -0.39 is 0 Å². The van der Waals surface area contributed by atoms with Crippen molar-refractivity contribution in [2.24, 2.45) is 11.8 Å². The van der Waals surface area contributed by atoms with E-state index in [0.717, 1.165) is 11.8 Å². The van der Waals surface area contributed by atoms with E-state index in [1.54, 1.807) is 11.1 Å². The molecule has 0 N–H and O–H groups in total. The molecule has 0 saturated heterocycles. The topological polar surface area (TPSA) is 0 Å². The highest BCUT2D eigenvalue weighted by molar-refractivity contribution is 6.96. The van der Waals surface area contributed by atoms with E-state index in [4.69, 9.17) is 0 Å². The first-order chi connectivity index (χ1) is 19.7. The summed E-state index contributed by atoms with van der Waals surface area (Å²) in [4.78, 5) is 0. The third kappa shape index (κ3) is 4.43. The van der Waals surface area contributed by atoms with Crippen molar-refractivity contribution in [1.29, 1.82) is 0 Å². The van der Waals surface area contributed by atoms with Gasteiger partial charge in [0.1, 0.15) is 0 Å². The molecule has 0 heterocycles. The maximum atomic E-state index is 2.55. The fourth-order valence-electron chi connectivity index (χ4n) is 10.5. The second-order valence-corrected chi connectivity index (χ2v) is 14.6. The van der Waals surface area contributed by atoms with Gasteiger partial charge in [-0.1, -0.05) is 129 Å². The lowest BCUT2D eigenvalue weighted by Crippen LogP contribution is -2.57. The van der Waals surface area contributed by atoms with Crippen LogP contribution in [0, 0.1) is 53.4 Å². The molecular weight excluding hydrogens is 491 g/mol. The van der Waals surface area contributed by atoms with Gasteiger partial charge in [0.2, 0.25) is 6.71 Å². The molecule has 4 aromatic carbocycles. The molecule has 4 aliphatic rings. The summed E-state index contributed by atoms with van der Waals surface area (Å²) in [7, 11) is 0. The Morgan fingerprint density at radius 3 is 1.39 bits per heavy atom. The van der Waals surface area contributed by atoms with Crippen molar-refractivity contribution < 1.29 is 0 Å². The van der Waals surface area contributed by atoms with Crippen molar-refractivity contribution >= 4 is 23.1 Å². The van der Waals surface area contributed by atoms with Crippen LogP contribution < -0.4 is 16.4 Å². The molecule has 0 nitrogen and oxygen atoms in total. The Bertz CT molecular complexity index is 1490. The van der Waals surface area contributed by atoms with Crippen LogP contribution in [-0.2, 0) is 10.8 Å². The van der Waals surface area contributed by atoms with E-state index in [2.05, 4.69) is 120 Å². The molecule has 4 fully saturated rings. The lowest BCUT2D eigenvalue weighted by molar-refractivity contribution is -0.0281. The van der Waals surface area contributed by atoms with Gasteiger partial charge in [-0.25, -0.2) is 0 Å². The number of benzene rings is 4. The van der Waals surface area contributed by atoms with Crippen molar-refractivity contribution in [1.82, 2.24) is 0 Å². The SMILES string of the molecule is Cc1cc(C)c(B(c2ccc(C34CC5CC(CC(c6ccccc6)(C5)C3)C4)cc2)c2c(C)cc(C)cc2C)c(C)c1. The van der Waals surface area contributed by atoms with Crippen LogP contribution in [0.4, 0.5) is 0 Å². The van der Waals surface area contributed by atoms with E-state index in [0.29, 0.717) is 10.8 Å². The summed E-state index contributed by atoms with van der Waals surface area (Å²) in [5.41, 5.74) is 16.6. The van der Waals surface area contributed by atoms with Crippen LogP contribution in [-0.4, -0.2) is 6.71 Å². The smallest absolute Gasteiger partial charge is 0.0686 e. The van der Waals surface area contributed by atoms with Gasteiger partial charge in [0, 0.05) is 0 Å². The van der Waals surface area contributed by atoms with Gasteiger partial charge < -0.3 is 0 Å². The van der Waals surface area contributed by atoms with Crippen LogP contribution in [0.25, 0.3) is 0 Å². The zero-order chi connectivity index (χ0) is 28.5. The Labute approximate surface area is 248 Å². The summed E-state index contributed by atoms with van der Waals surface area (Å²) in [6.45, 7) is 14.0. The maximum absolute atomic E-state index is 2.55. The minimum Gasteiger partial charge on any atom is -0.0686 e. The van der Waals surface area contributed by atoms with Gasteiger partial charge in [0.15, 0.2) is 0 Å². The summed E-state index contributed by atoms with van der Waals surface area (Å²) in [6.07, 6.45) is 8.34. The van der Waals surface area contributed by atoms with E-state index in [1.807, 2.05) is 0 Å². The molecule has 4 bridgehead atoms. The molecular formula is C40H45B. The number of hydrogen-bond acceptors (Lipinski definition) is 0. The molecule has 1 heteroatoms. The second-order valence-electron chi connectivity index (χ2n) is 14.6. The summed E-state index contributed by atoms with van der Waals surface area (Å²) in [6, 6.07) is 31.2. The Kier molecular flexibility index (Phi) is 6.38. The quantitative estimate of drug-likeness (QED) is 0.228. The molecule has 41 heavy (non-hydrogen) atoms. The molecule has 2 unspecified atom stereocenters. The largest absolute Gasteiger partial charge is 0.242 e. The van der Waals surface area contributed by atoms with Crippen LogP contribution in [0.15, 0.2) is 78.9 Å². The van der Waals surface area contributed by atoms with Gasteiger partial charge in [-0.05, 0) is 114 Å². The Morgan fingerprint density at radius 1 is 0.537 bits per heavy atom. The molecule has 0 radical (unpaired) electrons. The summed E-state index contributed by atoms with van der Waals surface area (Å²) in [5.74, 6) is 1.75. The monoisotopic (exact) mass is 536 g/mol. The molecule has 0 amide bonds. The predicted molar refractivity (Wildman–Crippen MR) is 177 cm³/mol. The van der Waals surface area contributed by atoms with Crippen LogP contribution >= 0.6 is 0 Å². The lowest BCUT2D eigenvalue weighted by Gasteiger charge is -2.63. The van der Waals surface area contributed by atoms with Crippen LogP contribution in [0.3, 0.4) is 0 Å². The van der Waals surface area contributed by atoms with Crippen LogP contribution in [0.1, 0.15) is 83.0 Å². The predicted octanol–water partition coefficient (Wildman–Crippen LogP) is 7.84. The highest BCUT2D eigenvalue weighted by atomic mass is 14.6. The van der Waals surface area contributed by atoms with E-state index in [9.17, 15) is 0 Å². The van der Waals surface area contributed by atoms with E-state index >= 15 is 0 Å². The molecule has 0 aromatic heterocycles. The van der Waals surface area contributed by atoms with Crippen molar-refractivity contribution in [2.45, 2.75) is 90.9 Å². The van der Waals surface area contributed by atoms with Gasteiger partial charge in [-0.2, -0.15) is 0 Å². The molecule has 208 valence electrons. The highest BCUT2D eigenvalue weighted by Crippen LogP contribution is 2.66. The number of rotatable bonds is 5. The Morgan fingerprint density at radius 2 is 0.951 bits per heavy atom. The average Bonchev–Trinajstić information content (AvgIpc) is 2.91. The summed E-state index contributed by atoms with van der Waals surface area (Å²) in [5, 5.41) is 0. The van der Waals surface area contributed by atoms with Crippen LogP contribution in [0.5, 0.6) is 0 Å². The fourth-order valence-corrected chi connectivity index (χ4v) is 10.5. The fraction of sp³-hybridized carbons (Fsp3) is 0.400. The third-order valence-corrected chi connectivity index (χ3v) is 11.4. The highest BCUT2D eigenvalue weighted by Gasteiger charge is 2.58. The van der Waals surface area contributed by atoms with Gasteiger partial charge in [0.25, 0.3) is 0 Å². The maximum Gasteiger partial charge on any atom is 0.242 e. The molecule has 8 rings (SSSR count). The van der Waals surface area contributed by atoms with E-state index in [-0.39, 0.29) is 6.71 Å². The lowest BCUT2D eigenvalue weighted by atomic mass is 9.34.